The molecule has 1 aliphatic heterocycles. The number of carbonyl (C=O) groups excluding carboxylic acids is 2. The topological polar surface area (TPSA) is 70.2 Å². The Kier molecular flexibility index (Phi) is 6.67. The van der Waals surface area contributed by atoms with Gasteiger partial charge >= 0.3 is 0 Å². The van der Waals surface area contributed by atoms with E-state index in [-0.39, 0.29) is 59.9 Å². The fraction of sp³-hybridized carbons (Fsp3) is 0.652. The zero-order valence-corrected chi connectivity index (χ0v) is 19.9. The normalized spacial score (nSPS) is 30.6. The Bertz CT molecular complexity index is 859. The highest BCUT2D eigenvalue weighted by Crippen LogP contribution is 2.74. The van der Waals surface area contributed by atoms with Crippen LogP contribution in [0.4, 0.5) is 4.39 Å². The van der Waals surface area contributed by atoms with Crippen molar-refractivity contribution in [3.05, 3.63) is 34.1 Å². The van der Waals surface area contributed by atoms with Crippen molar-refractivity contribution in [2.24, 2.45) is 29.1 Å². The molecular weight excluding hydrogens is 485 g/mol. The van der Waals surface area contributed by atoms with Crippen LogP contribution in [-0.4, -0.2) is 30.9 Å². The lowest BCUT2D eigenvalue weighted by Crippen LogP contribution is -2.49. The van der Waals surface area contributed by atoms with Gasteiger partial charge in [0.25, 0.3) is 0 Å². The summed E-state index contributed by atoms with van der Waals surface area (Å²) >= 11 is 3.26. The number of piperidine rings is 1. The number of rotatable bonds is 5. The van der Waals surface area contributed by atoms with Gasteiger partial charge in [-0.25, -0.2) is 4.39 Å². The minimum atomic E-state index is -0.337. The molecule has 170 valence electrons. The van der Waals surface area contributed by atoms with Gasteiger partial charge in [-0.05, 0) is 81.0 Å². The molecule has 1 spiro atoms. The maximum Gasteiger partial charge on any atom is 0.224 e. The molecule has 8 heteroatoms. The summed E-state index contributed by atoms with van der Waals surface area (Å²) in [5, 5.41) is 9.54. The van der Waals surface area contributed by atoms with E-state index < -0.39 is 0 Å². The van der Waals surface area contributed by atoms with Gasteiger partial charge in [0, 0.05) is 22.6 Å². The summed E-state index contributed by atoms with van der Waals surface area (Å²) in [5.74, 6) is -0.263. The van der Waals surface area contributed by atoms with E-state index in [4.69, 9.17) is 0 Å². The van der Waals surface area contributed by atoms with Crippen LogP contribution in [0, 0.1) is 34.9 Å². The fourth-order valence-corrected chi connectivity index (χ4v) is 6.92. The number of halogens is 3. The molecule has 3 saturated carbocycles. The second-order valence-electron chi connectivity index (χ2n) is 9.56. The van der Waals surface area contributed by atoms with Gasteiger partial charge in [-0.15, -0.1) is 12.4 Å². The van der Waals surface area contributed by atoms with E-state index in [1.807, 2.05) is 0 Å². The highest BCUT2D eigenvalue weighted by atomic mass is 79.9. The van der Waals surface area contributed by atoms with Crippen LogP contribution in [0.15, 0.2) is 22.7 Å². The molecule has 4 atom stereocenters. The molecule has 1 aromatic rings. The maximum atomic E-state index is 14.2. The number of hydrogen-bond acceptors (Lipinski definition) is 3. The number of carbonyl (C=O) groups is 2. The van der Waals surface area contributed by atoms with Crippen LogP contribution in [0.3, 0.4) is 0 Å². The van der Waals surface area contributed by atoms with Crippen LogP contribution in [-0.2, 0) is 16.1 Å². The molecule has 31 heavy (non-hydrogen) atoms. The summed E-state index contributed by atoms with van der Waals surface area (Å²) in [6.07, 6.45) is 6.26. The van der Waals surface area contributed by atoms with E-state index in [1.165, 1.54) is 6.07 Å². The lowest BCUT2D eigenvalue weighted by atomic mass is 9.78. The third-order valence-electron chi connectivity index (χ3n) is 8.11. The monoisotopic (exact) mass is 513 g/mol. The Labute approximate surface area is 197 Å². The van der Waals surface area contributed by atoms with E-state index in [0.717, 1.165) is 51.6 Å². The number of nitrogens with one attached hydrogen (secondary N) is 3. The van der Waals surface area contributed by atoms with Gasteiger partial charge < -0.3 is 16.0 Å². The molecule has 2 bridgehead atoms. The van der Waals surface area contributed by atoms with Crippen LogP contribution in [0.25, 0.3) is 0 Å². The first-order valence-electron chi connectivity index (χ1n) is 11.2. The first-order chi connectivity index (χ1) is 14.5. The molecule has 0 aromatic heterocycles. The lowest BCUT2D eigenvalue weighted by Gasteiger charge is -2.32. The second kappa shape index (κ2) is 8.99. The van der Waals surface area contributed by atoms with E-state index in [1.54, 1.807) is 12.1 Å². The first-order valence-corrected chi connectivity index (χ1v) is 12.0. The molecule has 1 saturated heterocycles. The van der Waals surface area contributed by atoms with E-state index in [9.17, 15) is 14.0 Å². The Hall–Kier alpha value is -1.18. The van der Waals surface area contributed by atoms with Crippen molar-refractivity contribution in [1.29, 1.82) is 0 Å². The van der Waals surface area contributed by atoms with Crippen molar-refractivity contribution in [3.8, 4) is 0 Å². The van der Waals surface area contributed by atoms with E-state index in [2.05, 4.69) is 31.9 Å². The summed E-state index contributed by atoms with van der Waals surface area (Å²) in [5.41, 5.74) is 0.674. The van der Waals surface area contributed by atoms with Gasteiger partial charge in [-0.3, -0.25) is 9.59 Å². The largest absolute Gasteiger partial charge is 0.353 e. The van der Waals surface area contributed by atoms with Crippen LogP contribution in [0.2, 0.25) is 0 Å². The maximum absolute atomic E-state index is 14.2. The third-order valence-corrected chi connectivity index (χ3v) is 8.60. The molecule has 4 fully saturated rings. The summed E-state index contributed by atoms with van der Waals surface area (Å²) in [4.78, 5) is 26.6. The van der Waals surface area contributed by atoms with E-state index in [0.29, 0.717) is 21.9 Å². The fourth-order valence-electron chi connectivity index (χ4n) is 6.59. The molecule has 3 aliphatic carbocycles. The summed E-state index contributed by atoms with van der Waals surface area (Å²) in [7, 11) is 0. The summed E-state index contributed by atoms with van der Waals surface area (Å²) in [6, 6.07) is 5.07. The third kappa shape index (κ3) is 4.13. The number of benzene rings is 1. The Balaban J connectivity index is 0.00000231. The average molecular weight is 515 g/mol. The molecule has 5 rings (SSSR count). The highest BCUT2D eigenvalue weighted by molar-refractivity contribution is 9.10. The van der Waals surface area contributed by atoms with Gasteiger partial charge in [0.2, 0.25) is 11.8 Å². The van der Waals surface area contributed by atoms with Crippen LogP contribution in [0.5, 0.6) is 0 Å². The molecule has 1 aromatic carbocycles. The molecule has 4 aliphatic rings. The molecule has 3 N–H and O–H groups in total. The van der Waals surface area contributed by atoms with Crippen LogP contribution < -0.4 is 16.0 Å². The quantitative estimate of drug-likeness (QED) is 0.563. The predicted molar refractivity (Wildman–Crippen MR) is 122 cm³/mol. The zero-order valence-electron chi connectivity index (χ0n) is 17.5. The standard InChI is InChI=1S/C23H29BrFN3O2.ClH/c24-14-2-1-13(18(25)11-14)12-27-21(29)19-16-3-4-17(23(16)7-8-23)20(19)22(30)28-15-5-9-26-10-6-15;/h1-2,11,15-17,19-20,26H,3-10,12H2,(H,27,29)(H,28,30);1H/t16-,17+,19+,20+;/m0./s1. The molecule has 5 nitrogen and oxygen atoms in total. The van der Waals surface area contributed by atoms with Gasteiger partial charge in [-0.1, -0.05) is 22.0 Å². The Morgan fingerprint density at radius 2 is 1.71 bits per heavy atom. The van der Waals surface area contributed by atoms with Crippen molar-refractivity contribution in [3.63, 3.8) is 0 Å². The minimum Gasteiger partial charge on any atom is -0.353 e. The Morgan fingerprint density at radius 3 is 2.32 bits per heavy atom. The van der Waals surface area contributed by atoms with Crippen molar-refractivity contribution >= 4 is 40.2 Å². The van der Waals surface area contributed by atoms with Crippen molar-refractivity contribution < 1.29 is 14.0 Å². The minimum absolute atomic E-state index is 0. The second-order valence-corrected chi connectivity index (χ2v) is 10.5. The smallest absolute Gasteiger partial charge is 0.224 e. The molecule has 0 radical (unpaired) electrons. The average Bonchev–Trinajstić information content (AvgIpc) is 3.40. The first kappa shape index (κ1) is 23.0. The van der Waals surface area contributed by atoms with Gasteiger partial charge in [0.1, 0.15) is 5.82 Å². The van der Waals surface area contributed by atoms with Crippen molar-refractivity contribution in [2.75, 3.05) is 13.1 Å². The summed E-state index contributed by atoms with van der Waals surface area (Å²) in [6.45, 7) is 2.00. The SMILES string of the molecule is Cl.O=C(NC1CCNCC1)[C@H]1[C@H](C(=O)NCc2ccc(Br)cc2F)[C@@H]2CC[C@H]1C21CC1. The van der Waals surface area contributed by atoms with Gasteiger partial charge in [0.05, 0.1) is 11.8 Å². The molecule has 2 amide bonds. The van der Waals surface area contributed by atoms with Gasteiger partial charge in [0.15, 0.2) is 0 Å². The number of amides is 2. The van der Waals surface area contributed by atoms with Gasteiger partial charge in [-0.2, -0.15) is 0 Å². The molecule has 0 unspecified atom stereocenters. The highest BCUT2D eigenvalue weighted by Gasteiger charge is 2.71. The van der Waals surface area contributed by atoms with Crippen LogP contribution >= 0.6 is 28.3 Å². The molecular formula is C23H30BrClFN3O2. The molecule has 1 heterocycles. The van der Waals surface area contributed by atoms with Crippen molar-refractivity contribution in [1.82, 2.24) is 16.0 Å². The zero-order chi connectivity index (χ0) is 20.9. The van der Waals surface area contributed by atoms with Crippen LogP contribution in [0.1, 0.15) is 44.1 Å². The summed E-state index contributed by atoms with van der Waals surface area (Å²) < 4.78 is 14.9. The number of hydrogen-bond donors (Lipinski definition) is 3. The predicted octanol–water partition coefficient (Wildman–Crippen LogP) is 3.55. The Morgan fingerprint density at radius 1 is 1.06 bits per heavy atom. The van der Waals surface area contributed by atoms with Crippen molar-refractivity contribution in [2.45, 2.75) is 51.1 Å². The van der Waals surface area contributed by atoms with E-state index >= 15 is 0 Å². The lowest BCUT2D eigenvalue weighted by molar-refractivity contribution is -0.137.